The number of nitrogens with one attached hydrogen (secondary N) is 1. The van der Waals surface area contributed by atoms with Gasteiger partial charge in [-0.3, -0.25) is 9.59 Å². The number of rotatable bonds is 6. The van der Waals surface area contributed by atoms with Crippen LogP contribution in [-0.2, 0) is 16.1 Å². The second-order valence-corrected chi connectivity index (χ2v) is 7.19. The maximum absolute atomic E-state index is 12.6. The molecule has 2 aromatic rings. The molecular formula is C19H19Cl3N2O2. The summed E-state index contributed by atoms with van der Waals surface area (Å²) in [6.45, 7) is 1.74. The van der Waals surface area contributed by atoms with Gasteiger partial charge >= 0.3 is 0 Å². The first-order valence-corrected chi connectivity index (χ1v) is 9.10. The fraction of sp³-hybridized carbons (Fsp3) is 0.263. The molecule has 0 aromatic heterocycles. The highest BCUT2D eigenvalue weighted by atomic mass is 35.5. The van der Waals surface area contributed by atoms with Crippen LogP contribution in [0, 0.1) is 0 Å². The lowest BCUT2D eigenvalue weighted by atomic mass is 10.0. The van der Waals surface area contributed by atoms with E-state index in [1.807, 2.05) is 6.07 Å². The first kappa shape index (κ1) is 20.6. The molecule has 0 aliphatic rings. The second kappa shape index (κ2) is 9.26. The van der Waals surface area contributed by atoms with E-state index in [2.05, 4.69) is 5.32 Å². The Morgan fingerprint density at radius 3 is 2.35 bits per heavy atom. The van der Waals surface area contributed by atoms with Gasteiger partial charge in [-0.25, -0.2) is 0 Å². The summed E-state index contributed by atoms with van der Waals surface area (Å²) in [4.78, 5) is 25.7. The highest BCUT2D eigenvalue weighted by Gasteiger charge is 2.20. The molecule has 0 saturated heterocycles. The van der Waals surface area contributed by atoms with E-state index >= 15 is 0 Å². The van der Waals surface area contributed by atoms with Crippen molar-refractivity contribution in [2.75, 3.05) is 7.05 Å². The van der Waals surface area contributed by atoms with Crippen molar-refractivity contribution in [3.63, 3.8) is 0 Å². The van der Waals surface area contributed by atoms with Crippen molar-refractivity contribution >= 4 is 46.6 Å². The molecule has 1 N–H and O–H groups in total. The van der Waals surface area contributed by atoms with Gasteiger partial charge < -0.3 is 10.2 Å². The van der Waals surface area contributed by atoms with Crippen LogP contribution >= 0.6 is 34.8 Å². The summed E-state index contributed by atoms with van der Waals surface area (Å²) in [5.41, 5.74) is 1.57. The third-order valence-corrected chi connectivity index (χ3v) is 5.00. The first-order valence-electron chi connectivity index (χ1n) is 7.97. The fourth-order valence-corrected chi connectivity index (χ4v) is 3.04. The van der Waals surface area contributed by atoms with Crippen LogP contribution in [-0.4, -0.2) is 23.8 Å². The van der Waals surface area contributed by atoms with Gasteiger partial charge in [-0.2, -0.15) is 0 Å². The van der Waals surface area contributed by atoms with Gasteiger partial charge in [0, 0.05) is 25.5 Å². The minimum atomic E-state index is -0.436. The summed E-state index contributed by atoms with van der Waals surface area (Å²) in [6, 6.07) is 11.9. The summed E-state index contributed by atoms with van der Waals surface area (Å²) in [7, 11) is 1.69. The average Bonchev–Trinajstić information content (AvgIpc) is 2.58. The smallest absolute Gasteiger partial charge is 0.225 e. The molecule has 2 rings (SSSR count). The minimum Gasteiger partial charge on any atom is -0.349 e. The molecular weight excluding hydrogens is 395 g/mol. The fourth-order valence-electron chi connectivity index (χ4n) is 2.54. The van der Waals surface area contributed by atoms with Crippen molar-refractivity contribution < 1.29 is 9.59 Å². The number of carbonyl (C=O) groups excluding carboxylic acids is 2. The van der Waals surface area contributed by atoms with E-state index in [9.17, 15) is 9.59 Å². The van der Waals surface area contributed by atoms with Gasteiger partial charge in [0.1, 0.15) is 0 Å². The lowest BCUT2D eigenvalue weighted by molar-refractivity contribution is -0.131. The third-order valence-electron chi connectivity index (χ3n) is 3.89. The molecule has 1 unspecified atom stereocenters. The third kappa shape index (κ3) is 5.63. The number of amides is 2. The van der Waals surface area contributed by atoms with E-state index in [0.29, 0.717) is 21.6 Å². The van der Waals surface area contributed by atoms with Crippen LogP contribution in [0.25, 0.3) is 0 Å². The topological polar surface area (TPSA) is 49.4 Å². The van der Waals surface area contributed by atoms with Gasteiger partial charge in [-0.1, -0.05) is 59.1 Å². The Kier molecular flexibility index (Phi) is 7.33. The van der Waals surface area contributed by atoms with Crippen LogP contribution in [0.2, 0.25) is 15.1 Å². The number of benzene rings is 2. The molecule has 1 atom stereocenters. The Bertz CT molecular complexity index is 794. The van der Waals surface area contributed by atoms with E-state index < -0.39 is 6.04 Å². The van der Waals surface area contributed by atoms with Crippen molar-refractivity contribution in [1.82, 2.24) is 10.2 Å². The maximum atomic E-state index is 12.6. The lowest BCUT2D eigenvalue weighted by Crippen LogP contribution is -2.33. The summed E-state index contributed by atoms with van der Waals surface area (Å²) in [5, 5.41) is 4.28. The Balaban J connectivity index is 2.11. The van der Waals surface area contributed by atoms with E-state index in [1.165, 1.54) is 6.92 Å². The number of halogens is 3. The maximum Gasteiger partial charge on any atom is 0.225 e. The zero-order valence-electron chi connectivity index (χ0n) is 14.4. The standard InChI is InChI=1S/C19H19Cl3N2O2/c1-12(25)23-17(13-6-8-15(20)9-7-13)10-18(26)24(2)11-14-4-3-5-16(21)19(14)22/h3-9,17H,10-11H2,1-2H3,(H,23,25). The molecule has 2 aromatic carbocycles. The molecule has 0 aliphatic heterocycles. The zero-order chi connectivity index (χ0) is 19.3. The summed E-state index contributed by atoms with van der Waals surface area (Å²) >= 11 is 18.1. The highest BCUT2D eigenvalue weighted by molar-refractivity contribution is 6.42. The van der Waals surface area contributed by atoms with Crippen molar-refractivity contribution in [3.8, 4) is 0 Å². The number of nitrogens with zero attached hydrogens (tertiary/aromatic N) is 1. The molecule has 0 fully saturated rings. The molecule has 7 heteroatoms. The SMILES string of the molecule is CC(=O)NC(CC(=O)N(C)Cc1cccc(Cl)c1Cl)c1ccc(Cl)cc1. The molecule has 138 valence electrons. The molecule has 0 bridgehead atoms. The van der Waals surface area contributed by atoms with Gasteiger partial charge in [-0.05, 0) is 29.3 Å². The summed E-state index contributed by atoms with van der Waals surface area (Å²) < 4.78 is 0. The predicted octanol–water partition coefficient (Wildman–Crippen LogP) is 4.87. The molecule has 4 nitrogen and oxygen atoms in total. The number of hydrogen-bond donors (Lipinski definition) is 1. The van der Waals surface area contributed by atoms with Crippen molar-refractivity contribution in [2.24, 2.45) is 0 Å². The van der Waals surface area contributed by atoms with E-state index in [0.717, 1.165) is 11.1 Å². The van der Waals surface area contributed by atoms with Crippen LogP contribution in [0.3, 0.4) is 0 Å². The van der Waals surface area contributed by atoms with Gasteiger partial charge in [0.2, 0.25) is 11.8 Å². The molecule has 26 heavy (non-hydrogen) atoms. The van der Waals surface area contributed by atoms with E-state index in [1.54, 1.807) is 48.3 Å². The predicted molar refractivity (Wildman–Crippen MR) is 106 cm³/mol. The first-order chi connectivity index (χ1) is 12.3. The van der Waals surface area contributed by atoms with Crippen LogP contribution in [0.15, 0.2) is 42.5 Å². The van der Waals surface area contributed by atoms with Gasteiger partial charge in [-0.15, -0.1) is 0 Å². The molecule has 0 saturated carbocycles. The Morgan fingerprint density at radius 1 is 1.08 bits per heavy atom. The monoisotopic (exact) mass is 412 g/mol. The van der Waals surface area contributed by atoms with Crippen LogP contribution in [0.4, 0.5) is 0 Å². The van der Waals surface area contributed by atoms with Gasteiger partial charge in [0.15, 0.2) is 0 Å². The average molecular weight is 414 g/mol. The quantitative estimate of drug-likeness (QED) is 0.734. The Labute approximate surface area is 168 Å². The summed E-state index contributed by atoms with van der Waals surface area (Å²) in [5.74, 6) is -0.340. The number of hydrogen-bond acceptors (Lipinski definition) is 2. The normalized spacial score (nSPS) is 11.7. The van der Waals surface area contributed by atoms with Crippen molar-refractivity contribution in [3.05, 3.63) is 68.7 Å². The lowest BCUT2D eigenvalue weighted by Gasteiger charge is -2.23. The second-order valence-electron chi connectivity index (χ2n) is 5.97. The molecule has 0 radical (unpaired) electrons. The van der Waals surface area contributed by atoms with Crippen molar-refractivity contribution in [1.29, 1.82) is 0 Å². The van der Waals surface area contributed by atoms with E-state index in [4.69, 9.17) is 34.8 Å². The zero-order valence-corrected chi connectivity index (χ0v) is 16.7. The van der Waals surface area contributed by atoms with Crippen LogP contribution in [0.5, 0.6) is 0 Å². The van der Waals surface area contributed by atoms with Crippen molar-refractivity contribution in [2.45, 2.75) is 25.9 Å². The molecule has 0 spiro atoms. The van der Waals surface area contributed by atoms with Crippen LogP contribution in [0.1, 0.15) is 30.5 Å². The Morgan fingerprint density at radius 2 is 1.73 bits per heavy atom. The summed E-state index contributed by atoms with van der Waals surface area (Å²) in [6.07, 6.45) is 0.121. The Hall–Kier alpha value is -1.75. The molecule has 2 amide bonds. The largest absolute Gasteiger partial charge is 0.349 e. The minimum absolute atomic E-state index is 0.121. The van der Waals surface area contributed by atoms with Gasteiger partial charge in [0.05, 0.1) is 22.5 Å². The van der Waals surface area contributed by atoms with Crippen LogP contribution < -0.4 is 5.32 Å². The molecule has 0 aliphatic carbocycles. The molecule has 0 heterocycles. The highest BCUT2D eigenvalue weighted by Crippen LogP contribution is 2.27. The number of carbonyl (C=O) groups is 2. The van der Waals surface area contributed by atoms with Gasteiger partial charge in [0.25, 0.3) is 0 Å². The van der Waals surface area contributed by atoms with E-state index in [-0.39, 0.29) is 18.2 Å².